The van der Waals surface area contributed by atoms with Crippen LogP contribution < -0.4 is 0 Å². The minimum Gasteiger partial charge on any atom is -0.241 e. The molecule has 0 spiro atoms. The summed E-state index contributed by atoms with van der Waals surface area (Å²) in [4.78, 5) is 4.93. The molecule has 0 radical (unpaired) electrons. The quantitative estimate of drug-likeness (QED) is 0.454. The summed E-state index contributed by atoms with van der Waals surface area (Å²) >= 11 is 1.92. The fourth-order valence-corrected chi connectivity index (χ4v) is 10.8. The van der Waals surface area contributed by atoms with E-state index in [4.69, 9.17) is 4.98 Å². The van der Waals surface area contributed by atoms with Crippen molar-refractivity contribution in [1.82, 2.24) is 4.98 Å². The first-order valence-corrected chi connectivity index (χ1v) is 14.6. The van der Waals surface area contributed by atoms with Crippen LogP contribution in [0.1, 0.15) is 96.4 Å². The molecule has 1 aromatic carbocycles. The molecular weight excluding hydrogens is 406 g/mol. The Kier molecular flexibility index (Phi) is 5.48. The molecule has 4 fully saturated rings. The van der Waals surface area contributed by atoms with Crippen LogP contribution in [0.5, 0.6) is 0 Å². The van der Waals surface area contributed by atoms with Gasteiger partial charge in [0.15, 0.2) is 0 Å². The van der Waals surface area contributed by atoms with Crippen molar-refractivity contribution in [2.75, 3.05) is 0 Å². The third kappa shape index (κ3) is 3.33. The molecule has 0 saturated heterocycles. The van der Waals surface area contributed by atoms with E-state index in [9.17, 15) is 0 Å². The number of benzene rings is 1. The molecular formula is C30H43NS. The summed E-state index contributed by atoms with van der Waals surface area (Å²) < 4.78 is 1.35. The zero-order valence-electron chi connectivity index (χ0n) is 20.6. The van der Waals surface area contributed by atoms with Crippen LogP contribution in [0.4, 0.5) is 0 Å². The second-order valence-corrected chi connectivity index (χ2v) is 13.8. The van der Waals surface area contributed by atoms with Crippen LogP contribution >= 0.6 is 11.3 Å². The Hall–Kier alpha value is -0.890. The van der Waals surface area contributed by atoms with E-state index in [-0.39, 0.29) is 0 Å². The lowest BCUT2D eigenvalue weighted by Crippen LogP contribution is -2.53. The maximum Gasteiger partial charge on any atom is 0.0938 e. The van der Waals surface area contributed by atoms with Crippen LogP contribution in [-0.2, 0) is 6.42 Å². The number of nitrogens with zero attached hydrogens (tertiary/aromatic N) is 1. The number of rotatable bonds is 4. The maximum atomic E-state index is 4.93. The topological polar surface area (TPSA) is 12.9 Å². The van der Waals surface area contributed by atoms with Crippen molar-refractivity contribution < 1.29 is 0 Å². The zero-order valence-corrected chi connectivity index (χ0v) is 21.4. The summed E-state index contributed by atoms with van der Waals surface area (Å²) in [7, 11) is 0. The van der Waals surface area contributed by atoms with Gasteiger partial charge in [-0.15, -0.1) is 11.3 Å². The highest BCUT2D eigenvalue weighted by Gasteiger charge is 2.60. The van der Waals surface area contributed by atoms with Crippen LogP contribution in [0, 0.1) is 46.3 Å². The summed E-state index contributed by atoms with van der Waals surface area (Å²) in [5.41, 5.74) is 2.48. The van der Waals surface area contributed by atoms with E-state index in [2.05, 4.69) is 45.0 Å². The molecule has 174 valence electrons. The van der Waals surface area contributed by atoms with Crippen LogP contribution in [0.3, 0.4) is 0 Å². The first-order valence-electron chi connectivity index (χ1n) is 13.8. The molecule has 2 heteroatoms. The van der Waals surface area contributed by atoms with E-state index in [1.165, 1.54) is 79.4 Å². The van der Waals surface area contributed by atoms with E-state index in [0.29, 0.717) is 10.8 Å². The molecule has 0 amide bonds. The summed E-state index contributed by atoms with van der Waals surface area (Å²) in [6.45, 7) is 8.04. The Morgan fingerprint density at radius 3 is 2.66 bits per heavy atom. The molecule has 4 saturated carbocycles. The number of aromatic nitrogens is 1. The molecule has 1 nitrogen and oxygen atoms in total. The number of hydrogen-bond donors (Lipinski definition) is 0. The fourth-order valence-electron chi connectivity index (χ4n) is 9.85. The normalized spacial score (nSPS) is 42.3. The van der Waals surface area contributed by atoms with Crippen molar-refractivity contribution in [3.63, 3.8) is 0 Å². The molecule has 1 aromatic heterocycles. The van der Waals surface area contributed by atoms with Gasteiger partial charge in [-0.05, 0) is 123 Å². The lowest BCUT2D eigenvalue weighted by Gasteiger charge is -2.61. The van der Waals surface area contributed by atoms with Crippen molar-refractivity contribution in [1.29, 1.82) is 0 Å². The van der Waals surface area contributed by atoms with Gasteiger partial charge in [-0.25, -0.2) is 4.98 Å². The lowest BCUT2D eigenvalue weighted by molar-refractivity contribution is -0.114. The van der Waals surface area contributed by atoms with Crippen molar-refractivity contribution in [2.45, 2.75) is 97.8 Å². The van der Waals surface area contributed by atoms with Crippen LogP contribution in [-0.4, -0.2) is 4.98 Å². The standard InChI is InChI=1S/C30H43NS/c1-20(11-16-28-31-26-9-4-5-10-27(26)32-28)23-14-15-24-22-13-12-21-8-6-7-18-29(21,2)25(22)17-19-30(23,24)3/h4-5,9-10,20-25H,6-8,11-19H2,1-3H3/t20-,21?,22?,23-,24?,25?,29?,30?/m1/s1. The minimum absolute atomic E-state index is 0.603. The molecule has 4 aliphatic rings. The summed E-state index contributed by atoms with van der Waals surface area (Å²) in [6, 6.07) is 8.65. The predicted molar refractivity (Wildman–Crippen MR) is 137 cm³/mol. The van der Waals surface area contributed by atoms with Gasteiger partial charge >= 0.3 is 0 Å². The Bertz CT molecular complexity index is 930. The third-order valence-corrected chi connectivity index (χ3v) is 12.6. The van der Waals surface area contributed by atoms with E-state index in [1.807, 2.05) is 11.3 Å². The van der Waals surface area contributed by atoms with Gasteiger partial charge in [0.1, 0.15) is 0 Å². The molecule has 4 aliphatic carbocycles. The van der Waals surface area contributed by atoms with E-state index in [1.54, 1.807) is 12.8 Å². The van der Waals surface area contributed by atoms with Gasteiger partial charge in [-0.1, -0.05) is 45.7 Å². The van der Waals surface area contributed by atoms with Crippen LogP contribution in [0.25, 0.3) is 10.2 Å². The largest absolute Gasteiger partial charge is 0.241 e. The number of aryl methyl sites for hydroxylation is 1. The zero-order chi connectivity index (χ0) is 21.9. The second-order valence-electron chi connectivity index (χ2n) is 12.7. The summed E-state index contributed by atoms with van der Waals surface area (Å²) in [5.74, 6) is 5.89. The summed E-state index contributed by atoms with van der Waals surface area (Å²) in [6.07, 6.45) is 17.7. The lowest BCUT2D eigenvalue weighted by atomic mass is 9.44. The highest BCUT2D eigenvalue weighted by Crippen LogP contribution is 2.68. The molecule has 2 aromatic rings. The van der Waals surface area contributed by atoms with Gasteiger partial charge < -0.3 is 0 Å². The van der Waals surface area contributed by atoms with Crippen molar-refractivity contribution >= 4 is 21.6 Å². The third-order valence-electron chi connectivity index (χ3n) is 11.5. The Labute approximate surface area is 199 Å². The van der Waals surface area contributed by atoms with Crippen LogP contribution in [0.2, 0.25) is 0 Å². The number of hydrogen-bond acceptors (Lipinski definition) is 2. The first-order chi connectivity index (χ1) is 15.5. The van der Waals surface area contributed by atoms with Crippen molar-refractivity contribution in [2.24, 2.45) is 46.3 Å². The maximum absolute atomic E-state index is 4.93. The number of fused-ring (bicyclic) bond motifs is 6. The molecule has 0 bridgehead atoms. The SMILES string of the molecule is C[C@H](CCc1nc2ccccc2s1)[C@H]1CCC2C3CCC4CCCCC4(C)C3CCC21C. The highest BCUT2D eigenvalue weighted by atomic mass is 32.1. The Morgan fingerprint density at radius 2 is 1.78 bits per heavy atom. The average Bonchev–Trinajstić information content (AvgIpc) is 3.37. The van der Waals surface area contributed by atoms with Gasteiger partial charge in [0.05, 0.1) is 15.2 Å². The van der Waals surface area contributed by atoms with Crippen molar-refractivity contribution in [3.8, 4) is 0 Å². The second kappa shape index (κ2) is 8.10. The molecule has 1 heterocycles. The Morgan fingerprint density at radius 1 is 0.938 bits per heavy atom. The van der Waals surface area contributed by atoms with Crippen molar-refractivity contribution in [3.05, 3.63) is 29.3 Å². The first kappa shape index (κ1) is 21.6. The average molecular weight is 450 g/mol. The van der Waals surface area contributed by atoms with E-state index in [0.717, 1.165) is 35.5 Å². The molecule has 32 heavy (non-hydrogen) atoms. The highest BCUT2D eigenvalue weighted by molar-refractivity contribution is 7.18. The fraction of sp³-hybridized carbons (Fsp3) is 0.767. The molecule has 8 atom stereocenters. The Balaban J connectivity index is 1.16. The van der Waals surface area contributed by atoms with Gasteiger partial charge in [0, 0.05) is 0 Å². The smallest absolute Gasteiger partial charge is 0.0938 e. The van der Waals surface area contributed by atoms with Crippen LogP contribution in [0.15, 0.2) is 24.3 Å². The number of para-hydroxylation sites is 1. The van der Waals surface area contributed by atoms with Gasteiger partial charge in [-0.2, -0.15) is 0 Å². The summed E-state index contributed by atoms with van der Waals surface area (Å²) in [5, 5.41) is 1.35. The van der Waals surface area contributed by atoms with E-state index >= 15 is 0 Å². The predicted octanol–water partition coefficient (Wildman–Crippen LogP) is 8.91. The minimum atomic E-state index is 0.603. The van der Waals surface area contributed by atoms with E-state index < -0.39 is 0 Å². The molecule has 6 rings (SSSR count). The molecule has 0 aliphatic heterocycles. The van der Waals surface area contributed by atoms with Gasteiger partial charge in [0.25, 0.3) is 0 Å². The van der Waals surface area contributed by atoms with Gasteiger partial charge in [0.2, 0.25) is 0 Å². The molecule has 6 unspecified atom stereocenters. The monoisotopic (exact) mass is 449 g/mol. The number of thiazole rings is 1. The molecule has 0 N–H and O–H groups in total. The van der Waals surface area contributed by atoms with Gasteiger partial charge in [-0.3, -0.25) is 0 Å².